The Morgan fingerprint density at radius 1 is 1.29 bits per heavy atom. The van der Waals surface area contributed by atoms with Crippen LogP contribution in [0.3, 0.4) is 0 Å². The number of ether oxygens (including phenoxy) is 1. The van der Waals surface area contributed by atoms with Crippen molar-refractivity contribution < 1.29 is 18.3 Å². The molecule has 1 rings (SSSR count). The number of halogens is 2. The first-order valence-corrected chi connectivity index (χ1v) is 7.69. The van der Waals surface area contributed by atoms with E-state index in [4.69, 9.17) is 0 Å². The zero-order chi connectivity index (χ0) is 17.9. The van der Waals surface area contributed by atoms with Crippen molar-refractivity contribution in [3.8, 4) is 5.75 Å². The Labute approximate surface area is 140 Å². The molecular weight excluding hydrogens is 318 g/mol. The third-order valence-electron chi connectivity index (χ3n) is 3.07. The van der Waals surface area contributed by atoms with E-state index in [-0.39, 0.29) is 18.2 Å². The maximum atomic E-state index is 12.4. The number of benzene rings is 1. The van der Waals surface area contributed by atoms with Crippen LogP contribution in [0.1, 0.15) is 18.9 Å². The van der Waals surface area contributed by atoms with E-state index in [2.05, 4.69) is 20.4 Å². The van der Waals surface area contributed by atoms with Gasteiger partial charge in [0.25, 0.3) is 0 Å². The van der Waals surface area contributed by atoms with Crippen molar-refractivity contribution in [2.75, 3.05) is 27.2 Å². The number of hydrogen-bond acceptors (Lipinski definition) is 3. The van der Waals surface area contributed by atoms with Gasteiger partial charge < -0.3 is 20.3 Å². The van der Waals surface area contributed by atoms with Crippen LogP contribution in [-0.2, 0) is 11.3 Å². The van der Waals surface area contributed by atoms with Gasteiger partial charge in [0, 0.05) is 39.2 Å². The second-order valence-corrected chi connectivity index (χ2v) is 5.15. The maximum absolute atomic E-state index is 12.4. The molecule has 0 spiro atoms. The lowest BCUT2D eigenvalue weighted by molar-refractivity contribution is -0.128. The summed E-state index contributed by atoms with van der Waals surface area (Å²) in [6.45, 7) is 0.287. The van der Waals surface area contributed by atoms with Crippen molar-refractivity contribution >= 4 is 11.9 Å². The molecule has 1 amide bonds. The van der Waals surface area contributed by atoms with E-state index >= 15 is 0 Å². The summed E-state index contributed by atoms with van der Waals surface area (Å²) in [6, 6.07) is 6.52. The summed E-state index contributed by atoms with van der Waals surface area (Å²) in [5, 5.41) is 6.08. The molecule has 0 aliphatic rings. The number of carbonyl (C=O) groups is 1. The van der Waals surface area contributed by atoms with Crippen LogP contribution in [0.15, 0.2) is 29.3 Å². The van der Waals surface area contributed by atoms with Gasteiger partial charge in [-0.25, -0.2) is 4.99 Å². The van der Waals surface area contributed by atoms with Crippen molar-refractivity contribution in [2.45, 2.75) is 26.5 Å². The van der Waals surface area contributed by atoms with Crippen LogP contribution in [0.25, 0.3) is 0 Å². The van der Waals surface area contributed by atoms with Gasteiger partial charge in [-0.1, -0.05) is 18.2 Å². The molecule has 0 unspecified atom stereocenters. The van der Waals surface area contributed by atoms with Crippen LogP contribution in [0.4, 0.5) is 8.78 Å². The van der Waals surface area contributed by atoms with Crippen LogP contribution in [-0.4, -0.2) is 50.6 Å². The number of alkyl halides is 2. The van der Waals surface area contributed by atoms with Crippen LogP contribution in [0.5, 0.6) is 5.75 Å². The molecule has 0 aromatic heterocycles. The highest BCUT2D eigenvalue weighted by atomic mass is 19.3. The lowest BCUT2D eigenvalue weighted by Gasteiger charge is -2.14. The summed E-state index contributed by atoms with van der Waals surface area (Å²) in [4.78, 5) is 17.4. The van der Waals surface area contributed by atoms with Crippen molar-refractivity contribution in [1.29, 1.82) is 0 Å². The minimum Gasteiger partial charge on any atom is -0.434 e. The van der Waals surface area contributed by atoms with Crippen molar-refractivity contribution in [3.05, 3.63) is 29.8 Å². The number of nitrogens with one attached hydrogen (secondary N) is 2. The number of para-hydroxylation sites is 1. The monoisotopic (exact) mass is 342 g/mol. The molecule has 0 atom stereocenters. The van der Waals surface area contributed by atoms with E-state index in [0.29, 0.717) is 31.0 Å². The molecule has 0 fully saturated rings. The highest BCUT2D eigenvalue weighted by Crippen LogP contribution is 2.20. The lowest BCUT2D eigenvalue weighted by Crippen LogP contribution is -2.39. The van der Waals surface area contributed by atoms with E-state index in [9.17, 15) is 13.6 Å². The first-order valence-electron chi connectivity index (χ1n) is 7.69. The second kappa shape index (κ2) is 10.4. The maximum Gasteiger partial charge on any atom is 0.387 e. The fourth-order valence-corrected chi connectivity index (χ4v) is 1.86. The van der Waals surface area contributed by atoms with Gasteiger partial charge in [-0.3, -0.25) is 4.79 Å². The minimum absolute atomic E-state index is 0.00836. The smallest absolute Gasteiger partial charge is 0.387 e. The zero-order valence-corrected chi connectivity index (χ0v) is 14.2. The van der Waals surface area contributed by atoms with E-state index in [1.807, 2.05) is 6.92 Å². The van der Waals surface area contributed by atoms with Crippen LogP contribution in [0.2, 0.25) is 0 Å². The summed E-state index contributed by atoms with van der Waals surface area (Å²) < 4.78 is 29.3. The Morgan fingerprint density at radius 3 is 2.62 bits per heavy atom. The van der Waals surface area contributed by atoms with Gasteiger partial charge in [-0.2, -0.15) is 8.78 Å². The average molecular weight is 342 g/mol. The normalized spacial score (nSPS) is 11.3. The topological polar surface area (TPSA) is 66.0 Å². The molecule has 2 N–H and O–H groups in total. The molecule has 6 nitrogen and oxygen atoms in total. The first-order chi connectivity index (χ1) is 11.4. The first kappa shape index (κ1) is 19.7. The van der Waals surface area contributed by atoms with Gasteiger partial charge in [0.2, 0.25) is 5.91 Å². The number of aliphatic imine (C=N–C) groups is 1. The predicted molar refractivity (Wildman–Crippen MR) is 89.2 cm³/mol. The Morgan fingerprint density at radius 2 is 2.00 bits per heavy atom. The van der Waals surface area contributed by atoms with Crippen molar-refractivity contribution in [1.82, 2.24) is 15.5 Å². The fraction of sp³-hybridized carbons (Fsp3) is 0.500. The summed E-state index contributed by atoms with van der Waals surface area (Å²) in [5.74, 6) is 0.625. The van der Waals surface area contributed by atoms with Crippen LogP contribution in [0, 0.1) is 0 Å². The van der Waals surface area contributed by atoms with Crippen molar-refractivity contribution in [3.63, 3.8) is 0 Å². The minimum atomic E-state index is -2.88. The quantitative estimate of drug-likeness (QED) is 0.559. The van der Waals surface area contributed by atoms with E-state index in [1.54, 1.807) is 32.3 Å². The van der Waals surface area contributed by atoms with E-state index < -0.39 is 6.61 Å². The molecule has 0 heterocycles. The number of amides is 1. The number of hydrogen-bond donors (Lipinski definition) is 2. The van der Waals surface area contributed by atoms with E-state index in [0.717, 1.165) is 0 Å². The molecule has 1 aromatic carbocycles. The molecule has 134 valence electrons. The summed E-state index contributed by atoms with van der Waals surface area (Å²) in [7, 11) is 3.39. The third kappa shape index (κ3) is 7.26. The number of carbonyl (C=O) groups excluding carboxylic acids is 1. The molecule has 24 heavy (non-hydrogen) atoms. The number of rotatable bonds is 8. The van der Waals surface area contributed by atoms with Gasteiger partial charge in [0.05, 0.1) is 6.54 Å². The molecule has 0 radical (unpaired) electrons. The van der Waals surface area contributed by atoms with Crippen LogP contribution >= 0.6 is 0 Å². The molecule has 0 aliphatic carbocycles. The van der Waals surface area contributed by atoms with Crippen LogP contribution < -0.4 is 15.4 Å². The molecule has 0 saturated carbocycles. The predicted octanol–water partition coefficient (Wildman–Crippen LogP) is 1.82. The Kier molecular flexibility index (Phi) is 8.53. The number of guanidine groups is 1. The molecule has 0 bridgehead atoms. The van der Waals surface area contributed by atoms with Gasteiger partial charge >= 0.3 is 6.61 Å². The average Bonchev–Trinajstić information content (AvgIpc) is 2.53. The number of nitrogens with zero attached hydrogens (tertiary/aromatic N) is 2. The molecular formula is C16H24F2N4O2. The standard InChI is InChI=1S/C16H24F2N4O2/c1-4-19-16(20-10-9-14(23)22(2)3)21-11-12-7-5-6-8-13(12)24-15(17)18/h5-8,15H,4,9-11H2,1-3H3,(H2,19,20,21). The fourth-order valence-electron chi connectivity index (χ4n) is 1.86. The summed E-state index contributed by atoms with van der Waals surface area (Å²) in [6.07, 6.45) is 0.336. The van der Waals surface area contributed by atoms with Gasteiger partial charge in [-0.05, 0) is 13.0 Å². The molecule has 8 heteroatoms. The third-order valence-corrected chi connectivity index (χ3v) is 3.07. The molecule has 1 aromatic rings. The van der Waals surface area contributed by atoms with E-state index in [1.165, 1.54) is 11.0 Å². The van der Waals surface area contributed by atoms with Crippen molar-refractivity contribution in [2.24, 2.45) is 4.99 Å². The van der Waals surface area contributed by atoms with Gasteiger partial charge in [0.15, 0.2) is 5.96 Å². The highest BCUT2D eigenvalue weighted by molar-refractivity contribution is 5.81. The summed E-state index contributed by atoms with van der Waals surface area (Å²) >= 11 is 0. The molecule has 0 aliphatic heterocycles. The lowest BCUT2D eigenvalue weighted by atomic mass is 10.2. The Bertz CT molecular complexity index is 551. The highest BCUT2D eigenvalue weighted by Gasteiger charge is 2.09. The largest absolute Gasteiger partial charge is 0.434 e. The Balaban J connectivity index is 2.67. The summed E-state index contributed by atoms with van der Waals surface area (Å²) in [5.41, 5.74) is 0.555. The van der Waals surface area contributed by atoms with Gasteiger partial charge in [0.1, 0.15) is 5.75 Å². The SMILES string of the molecule is CCNC(=NCc1ccccc1OC(F)F)NCCC(=O)N(C)C. The van der Waals surface area contributed by atoms with Gasteiger partial charge in [-0.15, -0.1) is 0 Å². The zero-order valence-electron chi connectivity index (χ0n) is 14.2. The molecule has 0 saturated heterocycles. The second-order valence-electron chi connectivity index (χ2n) is 5.15. The Hall–Kier alpha value is -2.38.